The molecule has 0 atom stereocenters. The average Bonchev–Trinajstić information content (AvgIpc) is 2.55. The van der Waals surface area contributed by atoms with Gasteiger partial charge in [0.05, 0.1) is 5.41 Å². The first-order chi connectivity index (χ1) is 6.77. The summed E-state index contributed by atoms with van der Waals surface area (Å²) >= 11 is 0. The van der Waals surface area contributed by atoms with Crippen LogP contribution in [0.4, 0.5) is 5.82 Å². The van der Waals surface area contributed by atoms with E-state index < -0.39 is 0 Å². The van der Waals surface area contributed by atoms with Crippen LogP contribution >= 0.6 is 0 Å². The van der Waals surface area contributed by atoms with Crippen molar-refractivity contribution in [3.63, 3.8) is 0 Å². The van der Waals surface area contributed by atoms with Gasteiger partial charge in [-0.25, -0.2) is 0 Å². The number of rotatable bonds is 3. The van der Waals surface area contributed by atoms with Crippen LogP contribution in [0, 0.1) is 5.41 Å². The molecule has 0 saturated heterocycles. The van der Waals surface area contributed by atoms with Crippen molar-refractivity contribution in [1.29, 1.82) is 0 Å². The summed E-state index contributed by atoms with van der Waals surface area (Å²) in [6, 6.07) is 3.69. The number of aromatic amines is 1. The molecule has 2 rings (SSSR count). The molecule has 1 heterocycles. The molecular weight excluding hydrogens is 178 g/mol. The first kappa shape index (κ1) is 9.27. The van der Waals surface area contributed by atoms with E-state index in [1.165, 1.54) is 0 Å². The second kappa shape index (κ2) is 3.46. The minimum absolute atomic E-state index is 0.0497. The molecule has 0 aliphatic heterocycles. The van der Waals surface area contributed by atoms with Crippen molar-refractivity contribution >= 4 is 11.7 Å². The Morgan fingerprint density at radius 1 is 1.64 bits per heavy atom. The first-order valence-corrected chi connectivity index (χ1v) is 4.92. The van der Waals surface area contributed by atoms with E-state index in [1.807, 2.05) is 12.1 Å². The lowest BCUT2D eigenvalue weighted by Crippen LogP contribution is -2.47. The number of hydrogen-bond donors (Lipinski definition) is 3. The zero-order valence-electron chi connectivity index (χ0n) is 8.05. The minimum atomic E-state index is -0.300. The Morgan fingerprint density at radius 3 is 2.86 bits per heavy atom. The number of aromatic nitrogens is 1. The van der Waals surface area contributed by atoms with Gasteiger partial charge in [-0.15, -0.1) is 0 Å². The van der Waals surface area contributed by atoms with Crippen LogP contribution in [-0.2, 0) is 4.79 Å². The number of nitrogens with one attached hydrogen (secondary N) is 2. The molecule has 76 valence electrons. The second-order valence-electron chi connectivity index (χ2n) is 3.88. The normalized spacial score (nSPS) is 18.6. The summed E-state index contributed by atoms with van der Waals surface area (Å²) in [4.78, 5) is 14.8. The molecule has 0 aromatic carbocycles. The Hall–Kier alpha value is -1.29. The van der Waals surface area contributed by atoms with Gasteiger partial charge in [-0.1, -0.05) is 6.42 Å². The summed E-state index contributed by atoms with van der Waals surface area (Å²) in [6.45, 7) is 0.444. The van der Waals surface area contributed by atoms with Crippen molar-refractivity contribution in [2.45, 2.75) is 19.3 Å². The van der Waals surface area contributed by atoms with Gasteiger partial charge in [0.1, 0.15) is 5.82 Å². The zero-order valence-corrected chi connectivity index (χ0v) is 8.05. The summed E-state index contributed by atoms with van der Waals surface area (Å²) in [7, 11) is 0. The molecule has 1 aromatic heterocycles. The van der Waals surface area contributed by atoms with Crippen LogP contribution in [0.5, 0.6) is 0 Å². The van der Waals surface area contributed by atoms with Crippen LogP contribution in [0.3, 0.4) is 0 Å². The maximum absolute atomic E-state index is 11.8. The number of carbonyl (C=O) groups is 1. The van der Waals surface area contributed by atoms with Crippen molar-refractivity contribution < 1.29 is 4.79 Å². The predicted molar refractivity (Wildman–Crippen MR) is 54.8 cm³/mol. The standard InChI is InChI=1S/C10H15N3O/c11-7-10(4-2-5-10)9(14)13-8-3-1-6-12-8/h1,3,6,12H,2,4-5,7,11H2,(H,13,14). The van der Waals surface area contributed by atoms with E-state index in [4.69, 9.17) is 5.73 Å². The number of H-pyrrole nitrogens is 1. The third-order valence-corrected chi connectivity index (χ3v) is 3.03. The van der Waals surface area contributed by atoms with E-state index in [1.54, 1.807) is 6.20 Å². The summed E-state index contributed by atoms with van der Waals surface area (Å²) in [5.41, 5.74) is 5.33. The number of anilines is 1. The average molecular weight is 193 g/mol. The monoisotopic (exact) mass is 193 g/mol. The highest BCUT2D eigenvalue weighted by atomic mass is 16.2. The molecule has 0 radical (unpaired) electrons. The van der Waals surface area contributed by atoms with Gasteiger partial charge in [-0.2, -0.15) is 0 Å². The molecule has 4 nitrogen and oxygen atoms in total. The highest BCUT2D eigenvalue weighted by Crippen LogP contribution is 2.40. The van der Waals surface area contributed by atoms with Crippen LogP contribution in [0.1, 0.15) is 19.3 Å². The van der Waals surface area contributed by atoms with Gasteiger partial charge in [0, 0.05) is 12.7 Å². The largest absolute Gasteiger partial charge is 0.348 e. The Labute approximate surface area is 82.9 Å². The highest BCUT2D eigenvalue weighted by molar-refractivity contribution is 5.95. The molecule has 1 amide bonds. The predicted octanol–water partition coefficient (Wildman–Crippen LogP) is 1.08. The summed E-state index contributed by atoms with van der Waals surface area (Å²) in [5.74, 6) is 0.795. The lowest BCUT2D eigenvalue weighted by Gasteiger charge is -2.38. The van der Waals surface area contributed by atoms with E-state index in [0.29, 0.717) is 6.54 Å². The molecule has 4 heteroatoms. The van der Waals surface area contributed by atoms with Gasteiger partial charge < -0.3 is 16.0 Å². The molecule has 0 spiro atoms. The van der Waals surface area contributed by atoms with Gasteiger partial charge in [0.15, 0.2) is 0 Å². The molecule has 0 bridgehead atoms. The molecule has 4 N–H and O–H groups in total. The quantitative estimate of drug-likeness (QED) is 0.672. The van der Waals surface area contributed by atoms with Crippen LogP contribution in [0.15, 0.2) is 18.3 Å². The fraction of sp³-hybridized carbons (Fsp3) is 0.500. The second-order valence-corrected chi connectivity index (χ2v) is 3.88. The Morgan fingerprint density at radius 2 is 2.43 bits per heavy atom. The maximum atomic E-state index is 11.8. The van der Waals surface area contributed by atoms with E-state index in [2.05, 4.69) is 10.3 Å². The lowest BCUT2D eigenvalue weighted by atomic mass is 9.68. The van der Waals surface area contributed by atoms with Crippen LogP contribution in [0.2, 0.25) is 0 Å². The van der Waals surface area contributed by atoms with E-state index in [-0.39, 0.29) is 11.3 Å². The SMILES string of the molecule is NCC1(C(=O)Nc2ccc[nH]2)CCC1. The van der Waals surface area contributed by atoms with Gasteiger partial charge in [-0.05, 0) is 25.0 Å². The fourth-order valence-corrected chi connectivity index (χ4v) is 1.79. The van der Waals surface area contributed by atoms with Gasteiger partial charge in [0.25, 0.3) is 0 Å². The van der Waals surface area contributed by atoms with E-state index in [0.717, 1.165) is 25.1 Å². The number of hydrogen-bond acceptors (Lipinski definition) is 2. The minimum Gasteiger partial charge on any atom is -0.348 e. The maximum Gasteiger partial charge on any atom is 0.232 e. The van der Waals surface area contributed by atoms with Crippen LogP contribution in [0.25, 0.3) is 0 Å². The Balaban J connectivity index is 2.01. The molecule has 1 saturated carbocycles. The topological polar surface area (TPSA) is 70.9 Å². The van der Waals surface area contributed by atoms with Crippen molar-refractivity contribution in [2.24, 2.45) is 11.1 Å². The molecule has 1 aliphatic carbocycles. The molecular formula is C10H15N3O. The van der Waals surface area contributed by atoms with E-state index >= 15 is 0 Å². The highest BCUT2D eigenvalue weighted by Gasteiger charge is 2.42. The van der Waals surface area contributed by atoms with Gasteiger partial charge in [0.2, 0.25) is 5.91 Å². The van der Waals surface area contributed by atoms with Crippen molar-refractivity contribution in [3.8, 4) is 0 Å². The summed E-state index contributed by atoms with van der Waals surface area (Å²) in [5, 5.41) is 2.84. The number of carbonyl (C=O) groups excluding carboxylic acids is 1. The summed E-state index contributed by atoms with van der Waals surface area (Å²) in [6.07, 6.45) is 4.72. The lowest BCUT2D eigenvalue weighted by molar-refractivity contribution is -0.129. The molecule has 0 unspecified atom stereocenters. The third-order valence-electron chi connectivity index (χ3n) is 3.03. The van der Waals surface area contributed by atoms with Crippen molar-refractivity contribution in [3.05, 3.63) is 18.3 Å². The van der Waals surface area contributed by atoms with E-state index in [9.17, 15) is 4.79 Å². The fourth-order valence-electron chi connectivity index (χ4n) is 1.79. The van der Waals surface area contributed by atoms with Gasteiger partial charge >= 0.3 is 0 Å². The molecule has 1 fully saturated rings. The Bertz CT molecular complexity index is 309. The Kier molecular flexibility index (Phi) is 2.29. The number of amides is 1. The van der Waals surface area contributed by atoms with Crippen LogP contribution in [-0.4, -0.2) is 17.4 Å². The van der Waals surface area contributed by atoms with Crippen molar-refractivity contribution in [2.75, 3.05) is 11.9 Å². The third kappa shape index (κ3) is 1.42. The smallest absolute Gasteiger partial charge is 0.232 e. The number of nitrogens with two attached hydrogens (primary N) is 1. The zero-order chi connectivity index (χ0) is 10.0. The van der Waals surface area contributed by atoms with Gasteiger partial charge in [-0.3, -0.25) is 4.79 Å². The molecule has 14 heavy (non-hydrogen) atoms. The summed E-state index contributed by atoms with van der Waals surface area (Å²) < 4.78 is 0. The molecule has 1 aliphatic rings. The first-order valence-electron chi connectivity index (χ1n) is 4.92. The van der Waals surface area contributed by atoms with Crippen LogP contribution < -0.4 is 11.1 Å². The van der Waals surface area contributed by atoms with Crippen molar-refractivity contribution in [1.82, 2.24) is 4.98 Å². The molecule has 1 aromatic rings.